The molecule has 1 aromatic carbocycles. The molecule has 1 aliphatic carbocycles. The quantitative estimate of drug-likeness (QED) is 0.615. The van der Waals surface area contributed by atoms with E-state index in [1.165, 1.54) is 0 Å². The van der Waals surface area contributed by atoms with Crippen molar-refractivity contribution in [1.82, 2.24) is 10.5 Å². The first kappa shape index (κ1) is 19.4. The van der Waals surface area contributed by atoms with E-state index >= 15 is 0 Å². The van der Waals surface area contributed by atoms with Crippen LogP contribution in [0.3, 0.4) is 0 Å². The lowest BCUT2D eigenvalue weighted by Crippen LogP contribution is -2.46. The largest absolute Gasteiger partial charge is 0.393 e. The molecule has 4 rings (SSSR count). The molecule has 2 aromatic rings. The summed E-state index contributed by atoms with van der Waals surface area (Å²) in [6, 6.07) is 5.41. The molecule has 1 unspecified atom stereocenters. The van der Waals surface area contributed by atoms with Gasteiger partial charge in [-0.25, -0.2) is 0 Å². The number of carbonyl (C=O) groups excluding carboxylic acids is 2. The second-order valence-electron chi connectivity index (χ2n) is 7.93. The molecular weight excluding hydrogens is 372 g/mol. The molecule has 4 N–H and O–H groups in total. The van der Waals surface area contributed by atoms with Gasteiger partial charge >= 0.3 is 0 Å². The van der Waals surface area contributed by atoms with Gasteiger partial charge in [-0.05, 0) is 57.2 Å². The van der Waals surface area contributed by atoms with Gasteiger partial charge in [0, 0.05) is 18.0 Å². The predicted octanol–water partition coefficient (Wildman–Crippen LogP) is 2.50. The Balaban J connectivity index is 1.61. The molecule has 2 heterocycles. The maximum absolute atomic E-state index is 12.8. The summed E-state index contributed by atoms with van der Waals surface area (Å²) in [6.07, 6.45) is 2.87. The van der Waals surface area contributed by atoms with E-state index in [-0.39, 0.29) is 24.0 Å². The van der Waals surface area contributed by atoms with Crippen LogP contribution in [0, 0.1) is 13.8 Å². The number of rotatable bonds is 5. The number of hydrogen-bond acceptors (Lipinski definition) is 6. The van der Waals surface area contributed by atoms with Crippen molar-refractivity contribution in [3.05, 3.63) is 29.7 Å². The number of piperidine rings is 1. The monoisotopic (exact) mass is 398 g/mol. The van der Waals surface area contributed by atoms with Crippen LogP contribution in [-0.4, -0.2) is 40.3 Å². The third-order valence-electron chi connectivity index (χ3n) is 5.62. The average molecular weight is 398 g/mol. The molecule has 2 aliphatic rings. The maximum atomic E-state index is 12.8. The molecule has 1 saturated heterocycles. The number of nitrogens with one attached hydrogen (secondary N) is 3. The third kappa shape index (κ3) is 4.12. The minimum Gasteiger partial charge on any atom is -0.393 e. The fraction of sp³-hybridized carbons (Fsp3) is 0.476. The van der Waals surface area contributed by atoms with E-state index < -0.39 is 6.04 Å². The summed E-state index contributed by atoms with van der Waals surface area (Å²) >= 11 is 0. The van der Waals surface area contributed by atoms with Gasteiger partial charge in [0.1, 0.15) is 11.8 Å². The number of aliphatic hydroxyl groups excluding tert-OH is 1. The number of carbonyl (C=O) groups is 2. The highest BCUT2D eigenvalue weighted by atomic mass is 16.5. The van der Waals surface area contributed by atoms with Crippen molar-refractivity contribution in [2.24, 2.45) is 0 Å². The van der Waals surface area contributed by atoms with Gasteiger partial charge in [0.15, 0.2) is 0 Å². The standard InChI is InChI=1S/C21H26N4O4/c1-11-20(12(2)29-25-11)13-6-7-16(22-14-9-15(26)10-14)18(8-13)24-21(28)17-4-3-5-19(27)23-17/h6-8,14-15,17,22,26H,3-5,9-10H2,1-2H3,(H,23,27)(H,24,28). The van der Waals surface area contributed by atoms with Crippen molar-refractivity contribution in [2.45, 2.75) is 64.1 Å². The lowest BCUT2D eigenvalue weighted by atomic mass is 9.89. The van der Waals surface area contributed by atoms with Crippen LogP contribution >= 0.6 is 0 Å². The minimum atomic E-state index is -0.530. The van der Waals surface area contributed by atoms with Crippen molar-refractivity contribution in [2.75, 3.05) is 10.6 Å². The van der Waals surface area contributed by atoms with E-state index in [1.807, 2.05) is 32.0 Å². The Labute approximate surface area is 169 Å². The van der Waals surface area contributed by atoms with E-state index in [4.69, 9.17) is 4.52 Å². The Kier molecular flexibility index (Phi) is 5.27. The van der Waals surface area contributed by atoms with Gasteiger partial charge in [-0.2, -0.15) is 0 Å². The zero-order valence-corrected chi connectivity index (χ0v) is 16.6. The zero-order valence-electron chi connectivity index (χ0n) is 16.6. The van der Waals surface area contributed by atoms with Gasteiger partial charge in [-0.1, -0.05) is 11.2 Å². The number of aliphatic hydroxyl groups is 1. The van der Waals surface area contributed by atoms with Crippen LogP contribution in [0.15, 0.2) is 22.7 Å². The number of anilines is 2. The molecule has 1 saturated carbocycles. The van der Waals surface area contributed by atoms with Gasteiger partial charge in [0.05, 0.1) is 23.2 Å². The molecule has 1 aliphatic heterocycles. The molecule has 2 amide bonds. The van der Waals surface area contributed by atoms with Crippen molar-refractivity contribution < 1.29 is 19.2 Å². The van der Waals surface area contributed by atoms with E-state index in [9.17, 15) is 14.7 Å². The van der Waals surface area contributed by atoms with Gasteiger partial charge in [0.2, 0.25) is 11.8 Å². The Morgan fingerprint density at radius 1 is 1.28 bits per heavy atom. The van der Waals surface area contributed by atoms with Crippen molar-refractivity contribution in [3.8, 4) is 11.1 Å². The lowest BCUT2D eigenvalue weighted by Gasteiger charge is -2.33. The number of amides is 2. The van der Waals surface area contributed by atoms with E-state index in [2.05, 4.69) is 21.1 Å². The first-order valence-electron chi connectivity index (χ1n) is 10.0. The summed E-state index contributed by atoms with van der Waals surface area (Å²) in [4.78, 5) is 24.5. The second-order valence-corrected chi connectivity index (χ2v) is 7.93. The fourth-order valence-electron chi connectivity index (χ4n) is 3.97. The van der Waals surface area contributed by atoms with Gasteiger partial charge in [0.25, 0.3) is 0 Å². The third-order valence-corrected chi connectivity index (χ3v) is 5.62. The highest BCUT2D eigenvalue weighted by Crippen LogP contribution is 2.35. The van der Waals surface area contributed by atoms with Gasteiger partial charge in [-0.3, -0.25) is 9.59 Å². The van der Waals surface area contributed by atoms with E-state index in [1.54, 1.807) is 0 Å². The van der Waals surface area contributed by atoms with Crippen LogP contribution in [0.2, 0.25) is 0 Å². The molecule has 8 nitrogen and oxygen atoms in total. The van der Waals surface area contributed by atoms with Gasteiger partial charge in [-0.15, -0.1) is 0 Å². The number of nitrogens with zero attached hydrogens (tertiary/aromatic N) is 1. The molecule has 0 spiro atoms. The first-order chi connectivity index (χ1) is 13.9. The summed E-state index contributed by atoms with van der Waals surface area (Å²) in [6.45, 7) is 3.73. The molecule has 0 radical (unpaired) electrons. The Bertz CT molecular complexity index is 913. The summed E-state index contributed by atoms with van der Waals surface area (Å²) < 4.78 is 5.28. The number of aromatic nitrogens is 1. The molecule has 8 heteroatoms. The van der Waals surface area contributed by atoms with Crippen LogP contribution in [0.25, 0.3) is 11.1 Å². The van der Waals surface area contributed by atoms with Crippen LogP contribution < -0.4 is 16.0 Å². The molecule has 29 heavy (non-hydrogen) atoms. The second kappa shape index (κ2) is 7.87. The van der Waals surface area contributed by atoms with Gasteiger partial charge < -0.3 is 25.6 Å². The lowest BCUT2D eigenvalue weighted by molar-refractivity contribution is -0.128. The SMILES string of the molecule is Cc1noc(C)c1-c1ccc(NC2CC(O)C2)c(NC(=O)C2CCCC(=O)N2)c1. The molecule has 1 aromatic heterocycles. The van der Waals surface area contributed by atoms with Crippen molar-refractivity contribution in [3.63, 3.8) is 0 Å². The predicted molar refractivity (Wildman–Crippen MR) is 108 cm³/mol. The highest BCUT2D eigenvalue weighted by Gasteiger charge is 2.29. The van der Waals surface area contributed by atoms with Crippen LogP contribution in [0.1, 0.15) is 43.6 Å². The normalized spacial score (nSPS) is 23.8. The van der Waals surface area contributed by atoms with Crippen LogP contribution in [0.4, 0.5) is 11.4 Å². The van der Waals surface area contributed by atoms with Crippen molar-refractivity contribution in [1.29, 1.82) is 0 Å². The smallest absolute Gasteiger partial charge is 0.247 e. The molecule has 0 bridgehead atoms. The first-order valence-corrected chi connectivity index (χ1v) is 10.0. The number of hydrogen-bond donors (Lipinski definition) is 4. The summed E-state index contributed by atoms with van der Waals surface area (Å²) in [5.74, 6) is 0.385. The molecular formula is C21H26N4O4. The summed E-state index contributed by atoms with van der Waals surface area (Å²) in [5.41, 5.74) is 3.99. The van der Waals surface area contributed by atoms with E-state index in [0.717, 1.165) is 22.5 Å². The Morgan fingerprint density at radius 3 is 2.72 bits per heavy atom. The van der Waals surface area contributed by atoms with Crippen LogP contribution in [0.5, 0.6) is 0 Å². The maximum Gasteiger partial charge on any atom is 0.247 e. The number of aryl methyl sites for hydroxylation is 2. The molecule has 1 atom stereocenters. The molecule has 154 valence electrons. The zero-order chi connectivity index (χ0) is 20.5. The Morgan fingerprint density at radius 2 is 2.07 bits per heavy atom. The highest BCUT2D eigenvalue weighted by molar-refractivity contribution is 6.00. The minimum absolute atomic E-state index is 0.0947. The summed E-state index contributed by atoms with van der Waals surface area (Å²) in [7, 11) is 0. The number of benzene rings is 1. The fourth-order valence-corrected chi connectivity index (χ4v) is 3.97. The van der Waals surface area contributed by atoms with E-state index in [0.29, 0.717) is 43.6 Å². The van der Waals surface area contributed by atoms with Crippen LogP contribution in [-0.2, 0) is 9.59 Å². The molecule has 2 fully saturated rings. The summed E-state index contributed by atoms with van der Waals surface area (Å²) in [5, 5.41) is 22.7. The Hall–Kier alpha value is -2.87. The topological polar surface area (TPSA) is 116 Å². The van der Waals surface area contributed by atoms with Crippen molar-refractivity contribution >= 4 is 23.2 Å². The average Bonchev–Trinajstić information content (AvgIpc) is 3.00.